The lowest BCUT2D eigenvalue weighted by Crippen LogP contribution is -2.51. The number of nitrogens with zero attached hydrogens (tertiary/aromatic N) is 1. The van der Waals surface area contributed by atoms with Gasteiger partial charge in [0.2, 0.25) is 5.91 Å². The Labute approximate surface area is 199 Å². The van der Waals surface area contributed by atoms with Gasteiger partial charge in [-0.1, -0.05) is 41.9 Å². The third-order valence-electron chi connectivity index (χ3n) is 5.39. The highest BCUT2D eigenvalue weighted by atomic mass is 79.9. The average Bonchev–Trinajstić information content (AvgIpc) is 2.79. The van der Waals surface area contributed by atoms with Crippen LogP contribution in [-0.4, -0.2) is 42.5 Å². The summed E-state index contributed by atoms with van der Waals surface area (Å²) in [6.45, 7) is 8.00. The minimum absolute atomic E-state index is 0.0384. The molecule has 2 rings (SSSR count). The van der Waals surface area contributed by atoms with Gasteiger partial charge in [0.25, 0.3) is 5.91 Å². The molecule has 0 aromatic heterocycles. The van der Waals surface area contributed by atoms with Crippen LogP contribution in [0.3, 0.4) is 0 Å². The lowest BCUT2D eigenvalue weighted by atomic mass is 10.1. The van der Waals surface area contributed by atoms with Crippen molar-refractivity contribution in [1.82, 2.24) is 10.2 Å². The number of nitrogens with one attached hydrogen (secondary N) is 1. The van der Waals surface area contributed by atoms with E-state index in [2.05, 4.69) is 21.2 Å². The Morgan fingerprint density at radius 3 is 2.28 bits per heavy atom. The molecule has 0 unspecified atom stereocenters. The van der Waals surface area contributed by atoms with Gasteiger partial charge in [-0.3, -0.25) is 9.59 Å². The Kier molecular flexibility index (Phi) is 10.0. The van der Waals surface area contributed by atoms with E-state index in [-0.39, 0.29) is 24.5 Å². The number of carbonyl (C=O) groups excluding carboxylic acids is 2. The van der Waals surface area contributed by atoms with Crippen LogP contribution in [0, 0.1) is 6.92 Å². The van der Waals surface area contributed by atoms with Crippen molar-refractivity contribution in [2.24, 2.45) is 0 Å². The Bertz CT molecular complexity index is 901. The molecular weight excluding hydrogens is 472 g/mol. The summed E-state index contributed by atoms with van der Waals surface area (Å²) in [5.41, 5.74) is 1.93. The molecule has 0 aliphatic carbocycles. The summed E-state index contributed by atoms with van der Waals surface area (Å²) in [5, 5.41) is 3.01. The number of hydrogen-bond donors (Lipinski definition) is 1. The number of aryl methyl sites for hydroxylation is 1. The second-order valence-corrected chi connectivity index (χ2v) is 8.67. The number of ether oxygens (including phenoxy) is 2. The van der Waals surface area contributed by atoms with Gasteiger partial charge in [0, 0.05) is 17.1 Å². The Hall–Kier alpha value is -2.54. The van der Waals surface area contributed by atoms with Crippen molar-refractivity contribution in [2.45, 2.75) is 59.2 Å². The van der Waals surface area contributed by atoms with E-state index in [1.54, 1.807) is 12.0 Å². The van der Waals surface area contributed by atoms with Gasteiger partial charge < -0.3 is 19.7 Å². The maximum absolute atomic E-state index is 13.2. The van der Waals surface area contributed by atoms with Crippen LogP contribution >= 0.6 is 15.9 Å². The van der Waals surface area contributed by atoms with E-state index in [0.29, 0.717) is 18.7 Å². The molecule has 0 saturated carbocycles. The first kappa shape index (κ1) is 25.7. The highest BCUT2D eigenvalue weighted by molar-refractivity contribution is 9.10. The van der Waals surface area contributed by atoms with Gasteiger partial charge in [-0.15, -0.1) is 0 Å². The zero-order valence-electron chi connectivity index (χ0n) is 19.5. The standard InChI is InChI=1S/C25H33BrN2O4/c1-6-18(4)27-25(30)23(7-2)28(15-19-8-10-20(31-5)11-9-19)24(29)16-32-21-12-13-22(26)17(3)14-21/h8-14,18,23H,6-7,15-16H2,1-5H3,(H,27,30)/t18-,23+/m1/s1. The van der Waals surface area contributed by atoms with Gasteiger partial charge in [-0.05, 0) is 68.1 Å². The molecule has 0 aliphatic heterocycles. The van der Waals surface area contributed by atoms with Gasteiger partial charge in [0.05, 0.1) is 7.11 Å². The van der Waals surface area contributed by atoms with Crippen LogP contribution in [0.25, 0.3) is 0 Å². The topological polar surface area (TPSA) is 67.9 Å². The number of rotatable bonds is 11. The lowest BCUT2D eigenvalue weighted by Gasteiger charge is -2.31. The first-order chi connectivity index (χ1) is 15.3. The van der Waals surface area contributed by atoms with E-state index in [4.69, 9.17) is 9.47 Å². The highest BCUT2D eigenvalue weighted by Gasteiger charge is 2.29. The summed E-state index contributed by atoms with van der Waals surface area (Å²) in [7, 11) is 1.61. The SMILES string of the molecule is CC[C@@H](C)NC(=O)[C@H](CC)N(Cc1ccc(OC)cc1)C(=O)COc1ccc(Br)c(C)c1. The minimum Gasteiger partial charge on any atom is -0.497 e. The molecule has 2 aromatic rings. The molecule has 0 heterocycles. The summed E-state index contributed by atoms with van der Waals surface area (Å²) in [4.78, 5) is 27.8. The molecule has 0 spiro atoms. The maximum atomic E-state index is 13.2. The van der Waals surface area contributed by atoms with E-state index in [1.165, 1.54) is 0 Å². The van der Waals surface area contributed by atoms with Gasteiger partial charge in [-0.25, -0.2) is 0 Å². The molecule has 7 heteroatoms. The number of hydrogen-bond acceptors (Lipinski definition) is 4. The highest BCUT2D eigenvalue weighted by Crippen LogP contribution is 2.22. The molecule has 6 nitrogen and oxygen atoms in total. The molecule has 1 N–H and O–H groups in total. The quantitative estimate of drug-likeness (QED) is 0.474. The first-order valence-electron chi connectivity index (χ1n) is 10.9. The Morgan fingerprint density at radius 1 is 1.06 bits per heavy atom. The first-order valence-corrected chi connectivity index (χ1v) is 11.7. The van der Waals surface area contributed by atoms with Crippen molar-refractivity contribution in [3.8, 4) is 11.5 Å². The number of benzene rings is 2. The van der Waals surface area contributed by atoms with Crippen LogP contribution < -0.4 is 14.8 Å². The molecule has 2 atom stereocenters. The number of halogens is 1. The predicted molar refractivity (Wildman–Crippen MR) is 130 cm³/mol. The minimum atomic E-state index is -0.589. The molecule has 0 bridgehead atoms. The normalized spacial score (nSPS) is 12.6. The largest absolute Gasteiger partial charge is 0.497 e. The Morgan fingerprint density at radius 2 is 1.72 bits per heavy atom. The molecule has 0 aliphatic rings. The van der Waals surface area contributed by atoms with Gasteiger partial charge >= 0.3 is 0 Å². The van der Waals surface area contributed by atoms with Gasteiger partial charge in [0.1, 0.15) is 17.5 Å². The van der Waals surface area contributed by atoms with E-state index in [0.717, 1.165) is 27.8 Å². The van der Waals surface area contributed by atoms with Crippen molar-refractivity contribution in [3.05, 3.63) is 58.1 Å². The van der Waals surface area contributed by atoms with Crippen molar-refractivity contribution in [2.75, 3.05) is 13.7 Å². The van der Waals surface area contributed by atoms with Crippen molar-refractivity contribution in [3.63, 3.8) is 0 Å². The summed E-state index contributed by atoms with van der Waals surface area (Å²) >= 11 is 3.47. The Balaban J connectivity index is 2.22. The fraction of sp³-hybridized carbons (Fsp3) is 0.440. The second kappa shape index (κ2) is 12.5. The van der Waals surface area contributed by atoms with E-state index in [9.17, 15) is 9.59 Å². The second-order valence-electron chi connectivity index (χ2n) is 7.81. The van der Waals surface area contributed by atoms with Crippen molar-refractivity contribution < 1.29 is 19.1 Å². The number of methoxy groups -OCH3 is 1. The van der Waals surface area contributed by atoms with Crippen molar-refractivity contribution in [1.29, 1.82) is 0 Å². The monoisotopic (exact) mass is 504 g/mol. The average molecular weight is 505 g/mol. The van der Waals surface area contributed by atoms with Crippen LogP contribution in [0.5, 0.6) is 11.5 Å². The van der Waals surface area contributed by atoms with Gasteiger partial charge in [0.15, 0.2) is 6.61 Å². The fourth-order valence-electron chi connectivity index (χ4n) is 3.22. The molecular formula is C25H33BrN2O4. The van der Waals surface area contributed by atoms with Crippen LogP contribution in [-0.2, 0) is 16.1 Å². The summed E-state index contributed by atoms with van der Waals surface area (Å²) in [6.07, 6.45) is 1.32. The molecule has 174 valence electrons. The molecule has 2 amide bonds. The van der Waals surface area contributed by atoms with Crippen LogP contribution in [0.2, 0.25) is 0 Å². The van der Waals surface area contributed by atoms with E-state index >= 15 is 0 Å². The number of carbonyl (C=O) groups is 2. The predicted octanol–water partition coefficient (Wildman–Crippen LogP) is 4.87. The molecule has 0 fully saturated rings. The van der Waals surface area contributed by atoms with Crippen LogP contribution in [0.4, 0.5) is 0 Å². The van der Waals surface area contributed by atoms with E-state index < -0.39 is 6.04 Å². The van der Waals surface area contributed by atoms with Crippen LogP contribution in [0.15, 0.2) is 46.9 Å². The molecule has 2 aromatic carbocycles. The zero-order chi connectivity index (χ0) is 23.7. The molecule has 32 heavy (non-hydrogen) atoms. The van der Waals surface area contributed by atoms with Crippen LogP contribution in [0.1, 0.15) is 44.7 Å². The van der Waals surface area contributed by atoms with E-state index in [1.807, 2.05) is 70.2 Å². The third kappa shape index (κ3) is 7.26. The number of amides is 2. The summed E-state index contributed by atoms with van der Waals surface area (Å²) in [5.74, 6) is 0.957. The van der Waals surface area contributed by atoms with Crippen molar-refractivity contribution >= 4 is 27.7 Å². The third-order valence-corrected chi connectivity index (χ3v) is 6.28. The smallest absolute Gasteiger partial charge is 0.261 e. The fourth-order valence-corrected chi connectivity index (χ4v) is 3.47. The summed E-state index contributed by atoms with van der Waals surface area (Å²) in [6, 6.07) is 12.5. The summed E-state index contributed by atoms with van der Waals surface area (Å²) < 4.78 is 12.0. The molecule has 0 saturated heterocycles. The zero-order valence-corrected chi connectivity index (χ0v) is 21.1. The van der Waals surface area contributed by atoms with Gasteiger partial charge in [-0.2, -0.15) is 0 Å². The lowest BCUT2D eigenvalue weighted by molar-refractivity contribution is -0.143. The maximum Gasteiger partial charge on any atom is 0.261 e. The molecule has 0 radical (unpaired) electrons.